The first kappa shape index (κ1) is 13.6. The lowest BCUT2D eigenvalue weighted by atomic mass is 10.2. The van der Waals surface area contributed by atoms with Crippen molar-refractivity contribution in [1.29, 1.82) is 0 Å². The van der Waals surface area contributed by atoms with E-state index in [1.54, 1.807) is 6.26 Å². The molecule has 0 amide bonds. The van der Waals surface area contributed by atoms with Crippen LogP contribution >= 0.6 is 0 Å². The van der Waals surface area contributed by atoms with Crippen molar-refractivity contribution in [3.8, 4) is 0 Å². The van der Waals surface area contributed by atoms with Crippen LogP contribution in [0.5, 0.6) is 0 Å². The van der Waals surface area contributed by atoms with Gasteiger partial charge in [0.1, 0.15) is 12.4 Å². The number of ether oxygens (including phenoxy) is 2. The molecular weight excluding hydrogens is 230 g/mol. The third kappa shape index (κ3) is 4.44. The van der Waals surface area contributed by atoms with Crippen LogP contribution in [0.3, 0.4) is 0 Å². The molecule has 18 heavy (non-hydrogen) atoms. The van der Waals surface area contributed by atoms with Crippen molar-refractivity contribution in [3.05, 3.63) is 23.7 Å². The molecule has 0 spiro atoms. The quantitative estimate of drug-likeness (QED) is 0.734. The first-order valence-corrected chi connectivity index (χ1v) is 6.77. The first-order chi connectivity index (χ1) is 8.79. The molecule has 1 fully saturated rings. The van der Waals surface area contributed by atoms with Crippen molar-refractivity contribution in [2.45, 2.75) is 52.0 Å². The second-order valence-corrected chi connectivity index (χ2v) is 4.81. The van der Waals surface area contributed by atoms with Gasteiger partial charge in [0.05, 0.1) is 19.0 Å². The highest BCUT2D eigenvalue weighted by Crippen LogP contribution is 2.20. The SMILES string of the molecule is CCOCC(C)OCc1occc1CNC1CC1. The molecule has 0 bridgehead atoms. The summed E-state index contributed by atoms with van der Waals surface area (Å²) in [6.07, 6.45) is 4.43. The Morgan fingerprint density at radius 2 is 2.33 bits per heavy atom. The lowest BCUT2D eigenvalue weighted by Crippen LogP contribution is -2.18. The van der Waals surface area contributed by atoms with Crippen LogP contribution in [0.25, 0.3) is 0 Å². The van der Waals surface area contributed by atoms with E-state index in [2.05, 4.69) is 5.32 Å². The zero-order chi connectivity index (χ0) is 12.8. The van der Waals surface area contributed by atoms with Gasteiger partial charge in [0.25, 0.3) is 0 Å². The van der Waals surface area contributed by atoms with Gasteiger partial charge < -0.3 is 19.2 Å². The Bertz CT molecular complexity index is 347. The third-order valence-corrected chi connectivity index (χ3v) is 3.05. The molecule has 1 aromatic heterocycles. The zero-order valence-electron chi connectivity index (χ0n) is 11.3. The summed E-state index contributed by atoms with van der Waals surface area (Å²) in [6, 6.07) is 2.73. The summed E-state index contributed by atoms with van der Waals surface area (Å²) in [4.78, 5) is 0. The van der Waals surface area contributed by atoms with E-state index >= 15 is 0 Å². The maximum Gasteiger partial charge on any atom is 0.133 e. The molecule has 0 aliphatic heterocycles. The van der Waals surface area contributed by atoms with Gasteiger partial charge in [-0.15, -0.1) is 0 Å². The maximum atomic E-state index is 5.71. The van der Waals surface area contributed by atoms with Gasteiger partial charge in [0, 0.05) is 24.8 Å². The van der Waals surface area contributed by atoms with E-state index in [-0.39, 0.29) is 6.10 Å². The normalized spacial score (nSPS) is 17.0. The Balaban J connectivity index is 1.72. The molecule has 2 rings (SSSR count). The molecule has 1 saturated carbocycles. The highest BCUT2D eigenvalue weighted by molar-refractivity contribution is 5.16. The molecule has 4 heteroatoms. The van der Waals surface area contributed by atoms with Crippen molar-refractivity contribution in [1.82, 2.24) is 5.32 Å². The average molecular weight is 253 g/mol. The van der Waals surface area contributed by atoms with Gasteiger partial charge in [-0.2, -0.15) is 0 Å². The molecule has 102 valence electrons. The molecule has 1 N–H and O–H groups in total. The summed E-state index contributed by atoms with van der Waals surface area (Å²) < 4.78 is 16.5. The summed E-state index contributed by atoms with van der Waals surface area (Å²) in [6.45, 7) is 6.75. The summed E-state index contributed by atoms with van der Waals surface area (Å²) >= 11 is 0. The minimum absolute atomic E-state index is 0.0966. The van der Waals surface area contributed by atoms with E-state index < -0.39 is 0 Å². The number of furan rings is 1. The lowest BCUT2D eigenvalue weighted by molar-refractivity contribution is -0.0173. The van der Waals surface area contributed by atoms with E-state index in [9.17, 15) is 0 Å². The van der Waals surface area contributed by atoms with E-state index in [0.717, 1.165) is 18.9 Å². The predicted molar refractivity (Wildman–Crippen MR) is 69.3 cm³/mol. The highest BCUT2D eigenvalue weighted by atomic mass is 16.5. The molecule has 0 aromatic carbocycles. The topological polar surface area (TPSA) is 43.6 Å². The zero-order valence-corrected chi connectivity index (χ0v) is 11.3. The first-order valence-electron chi connectivity index (χ1n) is 6.77. The van der Waals surface area contributed by atoms with E-state index in [1.807, 2.05) is 19.9 Å². The van der Waals surface area contributed by atoms with Crippen LogP contribution in [0.2, 0.25) is 0 Å². The summed E-state index contributed by atoms with van der Waals surface area (Å²) in [5.74, 6) is 0.923. The van der Waals surface area contributed by atoms with Crippen LogP contribution in [0, 0.1) is 0 Å². The average Bonchev–Trinajstić information content (AvgIpc) is 3.10. The Morgan fingerprint density at radius 3 is 3.06 bits per heavy atom. The number of rotatable bonds is 9. The van der Waals surface area contributed by atoms with Gasteiger partial charge in [-0.3, -0.25) is 0 Å². The Kier molecular flexibility index (Phi) is 5.23. The second kappa shape index (κ2) is 6.92. The highest BCUT2D eigenvalue weighted by Gasteiger charge is 2.21. The standard InChI is InChI=1S/C14H23NO3/c1-3-16-9-11(2)18-10-14-12(6-7-17-14)8-15-13-4-5-13/h6-7,11,13,15H,3-5,8-10H2,1-2H3. The van der Waals surface area contributed by atoms with Crippen LogP contribution in [0.1, 0.15) is 38.0 Å². The molecule has 1 aliphatic rings. The lowest BCUT2D eigenvalue weighted by Gasteiger charge is -2.12. The minimum Gasteiger partial charge on any atom is -0.467 e. The summed E-state index contributed by atoms with van der Waals surface area (Å²) in [7, 11) is 0. The minimum atomic E-state index is 0.0966. The molecule has 1 aliphatic carbocycles. The van der Waals surface area contributed by atoms with Gasteiger partial charge in [-0.25, -0.2) is 0 Å². The van der Waals surface area contributed by atoms with Crippen LogP contribution in [-0.2, 0) is 22.6 Å². The van der Waals surface area contributed by atoms with Gasteiger partial charge in [0.2, 0.25) is 0 Å². The number of hydrogen-bond acceptors (Lipinski definition) is 4. The van der Waals surface area contributed by atoms with Crippen LogP contribution in [0.4, 0.5) is 0 Å². The maximum absolute atomic E-state index is 5.71. The van der Waals surface area contributed by atoms with Crippen molar-refractivity contribution in [3.63, 3.8) is 0 Å². The molecule has 1 heterocycles. The molecule has 1 aromatic rings. The molecular formula is C14H23NO3. The van der Waals surface area contributed by atoms with E-state index in [4.69, 9.17) is 13.9 Å². The summed E-state index contributed by atoms with van der Waals surface area (Å²) in [5.41, 5.74) is 1.20. The smallest absolute Gasteiger partial charge is 0.133 e. The fraction of sp³-hybridized carbons (Fsp3) is 0.714. The van der Waals surface area contributed by atoms with Crippen LogP contribution in [-0.4, -0.2) is 25.4 Å². The Morgan fingerprint density at radius 1 is 1.50 bits per heavy atom. The molecule has 1 unspecified atom stereocenters. The predicted octanol–water partition coefficient (Wildman–Crippen LogP) is 2.47. The van der Waals surface area contributed by atoms with Crippen LogP contribution < -0.4 is 5.32 Å². The molecule has 1 atom stereocenters. The fourth-order valence-electron chi connectivity index (χ4n) is 1.74. The van der Waals surface area contributed by atoms with Gasteiger partial charge in [-0.1, -0.05) is 0 Å². The summed E-state index contributed by atoms with van der Waals surface area (Å²) in [5, 5.41) is 3.48. The van der Waals surface area contributed by atoms with Crippen molar-refractivity contribution < 1.29 is 13.9 Å². The van der Waals surface area contributed by atoms with Crippen molar-refractivity contribution in [2.24, 2.45) is 0 Å². The molecule has 4 nitrogen and oxygen atoms in total. The second-order valence-electron chi connectivity index (χ2n) is 4.81. The van der Waals surface area contributed by atoms with Gasteiger partial charge in [0.15, 0.2) is 0 Å². The van der Waals surface area contributed by atoms with E-state index in [0.29, 0.717) is 19.3 Å². The van der Waals surface area contributed by atoms with Gasteiger partial charge in [-0.05, 0) is 32.8 Å². The number of hydrogen-bond donors (Lipinski definition) is 1. The Labute approximate surface area is 109 Å². The van der Waals surface area contributed by atoms with Crippen molar-refractivity contribution >= 4 is 0 Å². The van der Waals surface area contributed by atoms with E-state index in [1.165, 1.54) is 18.4 Å². The number of nitrogens with one attached hydrogen (secondary N) is 1. The largest absolute Gasteiger partial charge is 0.467 e. The monoisotopic (exact) mass is 253 g/mol. The third-order valence-electron chi connectivity index (χ3n) is 3.05. The fourth-order valence-corrected chi connectivity index (χ4v) is 1.74. The molecule has 0 radical (unpaired) electrons. The molecule has 0 saturated heterocycles. The Hall–Kier alpha value is -0.840. The van der Waals surface area contributed by atoms with Crippen molar-refractivity contribution in [2.75, 3.05) is 13.2 Å². The van der Waals surface area contributed by atoms with Crippen LogP contribution in [0.15, 0.2) is 16.7 Å². The van der Waals surface area contributed by atoms with Gasteiger partial charge >= 0.3 is 0 Å².